The van der Waals surface area contributed by atoms with E-state index in [1.54, 1.807) is 17.4 Å². The Hall–Kier alpha value is -1.81. The molecule has 20 heavy (non-hydrogen) atoms. The molecule has 0 unspecified atom stereocenters. The van der Waals surface area contributed by atoms with E-state index in [9.17, 15) is 9.90 Å². The lowest BCUT2D eigenvalue weighted by Gasteiger charge is -2.26. The molecule has 1 aromatic heterocycles. The topological polar surface area (TPSA) is 40.5 Å². The third-order valence-electron chi connectivity index (χ3n) is 3.61. The van der Waals surface area contributed by atoms with Crippen molar-refractivity contribution in [3.05, 3.63) is 51.7 Å². The van der Waals surface area contributed by atoms with E-state index in [2.05, 4.69) is 21.7 Å². The van der Waals surface area contributed by atoms with Crippen LogP contribution in [-0.2, 0) is 6.54 Å². The van der Waals surface area contributed by atoms with Crippen molar-refractivity contribution < 1.29 is 9.90 Å². The average Bonchev–Trinajstić information content (AvgIpc) is 3.13. The summed E-state index contributed by atoms with van der Waals surface area (Å²) in [6.45, 7) is 2.72. The predicted octanol–water partition coefficient (Wildman–Crippen LogP) is 3.92. The maximum absolute atomic E-state index is 11.5. The van der Waals surface area contributed by atoms with E-state index in [0.29, 0.717) is 11.6 Å². The molecule has 1 aliphatic rings. The number of nitrogens with zero attached hydrogens (tertiary/aromatic N) is 1. The zero-order valence-electron chi connectivity index (χ0n) is 11.4. The number of aryl methyl sites for hydroxylation is 1. The van der Waals surface area contributed by atoms with Gasteiger partial charge in [-0.15, -0.1) is 0 Å². The highest BCUT2D eigenvalue weighted by molar-refractivity contribution is 7.07. The lowest BCUT2D eigenvalue weighted by molar-refractivity contribution is 0.0697. The molecule has 0 radical (unpaired) electrons. The number of aromatic carboxylic acids is 1. The molecule has 0 aliphatic heterocycles. The van der Waals surface area contributed by atoms with Crippen molar-refractivity contribution in [1.82, 2.24) is 0 Å². The highest BCUT2D eigenvalue weighted by Crippen LogP contribution is 2.35. The quantitative estimate of drug-likeness (QED) is 0.906. The molecule has 0 bridgehead atoms. The van der Waals surface area contributed by atoms with Crippen LogP contribution in [0.4, 0.5) is 5.69 Å². The standard InChI is InChI=1S/C16H17NO2S/c1-11-2-5-15(14(8-11)16(18)19)17(13-3-4-13)9-12-6-7-20-10-12/h2,5-8,10,13H,3-4,9H2,1H3,(H,18,19). The van der Waals surface area contributed by atoms with E-state index in [4.69, 9.17) is 0 Å². The van der Waals surface area contributed by atoms with Gasteiger partial charge in [0.15, 0.2) is 0 Å². The van der Waals surface area contributed by atoms with Gasteiger partial charge in [0.1, 0.15) is 0 Å². The summed E-state index contributed by atoms with van der Waals surface area (Å²) in [6, 6.07) is 8.29. The SMILES string of the molecule is Cc1ccc(N(Cc2ccsc2)C2CC2)c(C(=O)O)c1. The van der Waals surface area contributed by atoms with Crippen LogP contribution >= 0.6 is 11.3 Å². The largest absolute Gasteiger partial charge is 0.478 e. The molecule has 1 aromatic carbocycles. The first kappa shape index (κ1) is 13.2. The molecule has 0 spiro atoms. The van der Waals surface area contributed by atoms with Gasteiger partial charge in [-0.2, -0.15) is 11.3 Å². The van der Waals surface area contributed by atoms with Gasteiger partial charge in [0.05, 0.1) is 11.3 Å². The molecule has 1 heterocycles. The second-order valence-electron chi connectivity index (χ2n) is 5.32. The Labute approximate surface area is 122 Å². The van der Waals surface area contributed by atoms with Crippen LogP contribution in [0, 0.1) is 6.92 Å². The van der Waals surface area contributed by atoms with Crippen LogP contribution in [0.25, 0.3) is 0 Å². The first-order valence-corrected chi connectivity index (χ1v) is 7.71. The maximum atomic E-state index is 11.5. The highest BCUT2D eigenvalue weighted by Gasteiger charge is 2.31. The third kappa shape index (κ3) is 2.70. The molecule has 0 saturated heterocycles. The zero-order valence-corrected chi connectivity index (χ0v) is 12.2. The van der Waals surface area contributed by atoms with Crippen LogP contribution in [0.1, 0.15) is 34.3 Å². The van der Waals surface area contributed by atoms with Crippen molar-refractivity contribution in [2.24, 2.45) is 0 Å². The molecule has 3 nitrogen and oxygen atoms in total. The molecule has 0 amide bonds. The Kier molecular flexibility index (Phi) is 3.49. The second kappa shape index (κ2) is 5.29. The van der Waals surface area contributed by atoms with Gasteiger partial charge in [-0.05, 0) is 54.3 Å². The number of benzene rings is 1. The number of carboxylic acid groups (broad SMARTS) is 1. The predicted molar refractivity (Wildman–Crippen MR) is 81.7 cm³/mol. The minimum absolute atomic E-state index is 0.409. The van der Waals surface area contributed by atoms with E-state index in [0.717, 1.165) is 30.6 Å². The molecule has 104 valence electrons. The smallest absolute Gasteiger partial charge is 0.337 e. The van der Waals surface area contributed by atoms with Crippen molar-refractivity contribution in [3.63, 3.8) is 0 Å². The summed E-state index contributed by atoms with van der Waals surface area (Å²) in [4.78, 5) is 13.7. The van der Waals surface area contributed by atoms with Gasteiger partial charge >= 0.3 is 5.97 Å². The van der Waals surface area contributed by atoms with E-state index < -0.39 is 5.97 Å². The normalized spacial score (nSPS) is 14.2. The molecular formula is C16H17NO2S. The van der Waals surface area contributed by atoms with E-state index in [1.807, 2.05) is 19.1 Å². The van der Waals surface area contributed by atoms with Gasteiger partial charge < -0.3 is 10.0 Å². The molecule has 0 atom stereocenters. The zero-order chi connectivity index (χ0) is 14.1. The lowest BCUT2D eigenvalue weighted by Crippen LogP contribution is -2.26. The highest BCUT2D eigenvalue weighted by atomic mass is 32.1. The Morgan fingerprint density at radius 2 is 2.20 bits per heavy atom. The summed E-state index contributed by atoms with van der Waals surface area (Å²) in [5.41, 5.74) is 3.49. The number of carbonyl (C=O) groups is 1. The van der Waals surface area contributed by atoms with Gasteiger partial charge in [-0.3, -0.25) is 0 Å². The van der Waals surface area contributed by atoms with Crippen LogP contribution in [0.3, 0.4) is 0 Å². The minimum Gasteiger partial charge on any atom is -0.478 e. The number of rotatable bonds is 5. The maximum Gasteiger partial charge on any atom is 0.337 e. The summed E-state index contributed by atoms with van der Waals surface area (Å²) >= 11 is 1.68. The summed E-state index contributed by atoms with van der Waals surface area (Å²) in [5.74, 6) is -0.848. The van der Waals surface area contributed by atoms with Gasteiger partial charge in [0.25, 0.3) is 0 Å². The van der Waals surface area contributed by atoms with Crippen LogP contribution in [0.15, 0.2) is 35.0 Å². The number of hydrogen-bond donors (Lipinski definition) is 1. The van der Waals surface area contributed by atoms with Gasteiger partial charge in [0, 0.05) is 12.6 Å². The van der Waals surface area contributed by atoms with Gasteiger partial charge in [-0.1, -0.05) is 11.6 Å². The molecule has 1 aliphatic carbocycles. The van der Waals surface area contributed by atoms with Gasteiger partial charge in [-0.25, -0.2) is 4.79 Å². The monoisotopic (exact) mass is 287 g/mol. The number of thiophene rings is 1. The molecule has 2 aromatic rings. The van der Waals surface area contributed by atoms with E-state index >= 15 is 0 Å². The van der Waals surface area contributed by atoms with Crippen LogP contribution < -0.4 is 4.90 Å². The van der Waals surface area contributed by atoms with Crippen LogP contribution in [-0.4, -0.2) is 17.1 Å². The fourth-order valence-electron chi connectivity index (χ4n) is 2.45. The van der Waals surface area contributed by atoms with E-state index in [-0.39, 0.29) is 0 Å². The Morgan fingerprint density at radius 1 is 1.40 bits per heavy atom. The molecule has 1 N–H and O–H groups in total. The van der Waals surface area contributed by atoms with Crippen molar-refractivity contribution in [3.8, 4) is 0 Å². The van der Waals surface area contributed by atoms with Crippen molar-refractivity contribution >= 4 is 23.0 Å². The molecule has 4 heteroatoms. The average molecular weight is 287 g/mol. The van der Waals surface area contributed by atoms with Gasteiger partial charge in [0.2, 0.25) is 0 Å². The molecular weight excluding hydrogens is 270 g/mol. The van der Waals surface area contributed by atoms with Crippen molar-refractivity contribution in [2.75, 3.05) is 4.90 Å². The van der Waals surface area contributed by atoms with Crippen molar-refractivity contribution in [2.45, 2.75) is 32.4 Å². The molecule has 1 saturated carbocycles. The molecule has 1 fully saturated rings. The van der Waals surface area contributed by atoms with Crippen molar-refractivity contribution in [1.29, 1.82) is 0 Å². The van der Waals surface area contributed by atoms with Crippen LogP contribution in [0.5, 0.6) is 0 Å². The van der Waals surface area contributed by atoms with E-state index in [1.165, 1.54) is 5.56 Å². The summed E-state index contributed by atoms with van der Waals surface area (Å²) < 4.78 is 0. The van der Waals surface area contributed by atoms with Crippen LogP contribution in [0.2, 0.25) is 0 Å². The summed E-state index contributed by atoms with van der Waals surface area (Å²) in [5, 5.41) is 13.6. The number of hydrogen-bond acceptors (Lipinski definition) is 3. The Morgan fingerprint density at radius 3 is 2.80 bits per heavy atom. The lowest BCUT2D eigenvalue weighted by atomic mass is 10.1. The Bertz CT molecular complexity index is 617. The second-order valence-corrected chi connectivity index (χ2v) is 6.10. The fraction of sp³-hybridized carbons (Fsp3) is 0.312. The summed E-state index contributed by atoms with van der Waals surface area (Å²) in [7, 11) is 0. The first-order valence-electron chi connectivity index (χ1n) is 6.77. The third-order valence-corrected chi connectivity index (χ3v) is 4.34. The number of carboxylic acids is 1. The fourth-order valence-corrected chi connectivity index (χ4v) is 3.11. The Balaban J connectivity index is 1.97. The summed E-state index contributed by atoms with van der Waals surface area (Å²) in [6.07, 6.45) is 2.30. The minimum atomic E-state index is -0.848. The number of anilines is 1. The molecule has 3 rings (SSSR count). The first-order chi connectivity index (χ1) is 9.65.